The number of carbonyl (C=O) groups is 3. The van der Waals surface area contributed by atoms with Crippen molar-refractivity contribution in [2.24, 2.45) is 0 Å². The lowest BCUT2D eigenvalue weighted by molar-refractivity contribution is -0.138. The Morgan fingerprint density at radius 2 is 1.92 bits per heavy atom. The highest BCUT2D eigenvalue weighted by molar-refractivity contribution is 6.37. The molecule has 7 nitrogen and oxygen atoms in total. The molecular weight excluding hydrogens is 369 g/mol. The second kappa shape index (κ2) is 9.48. The zero-order valence-corrected chi connectivity index (χ0v) is 15.8. The van der Waals surface area contributed by atoms with Gasteiger partial charge in [0, 0.05) is 17.6 Å². The van der Waals surface area contributed by atoms with Crippen LogP contribution < -0.4 is 11.1 Å². The summed E-state index contributed by atoms with van der Waals surface area (Å²) in [5.41, 5.74) is 5.72. The summed E-state index contributed by atoms with van der Waals surface area (Å²) in [5.74, 6) is -1.61. The summed E-state index contributed by atoms with van der Waals surface area (Å²) in [7, 11) is 0. The Hall–Kier alpha value is -1.99. The van der Waals surface area contributed by atoms with E-state index in [9.17, 15) is 14.4 Å². The molecule has 1 aromatic rings. The van der Waals surface area contributed by atoms with Crippen molar-refractivity contribution < 1.29 is 19.1 Å². The number of amides is 2. The number of nitrogens with zero attached hydrogens (tertiary/aromatic N) is 1. The first-order chi connectivity index (χ1) is 11.6. The number of benzene rings is 1. The van der Waals surface area contributed by atoms with E-state index in [1.54, 1.807) is 6.92 Å². The molecule has 1 aromatic carbocycles. The Bertz CT molecular complexity index is 665. The fourth-order valence-electron chi connectivity index (χ4n) is 1.97. The molecule has 0 atom stereocenters. The van der Waals surface area contributed by atoms with Gasteiger partial charge in [-0.15, -0.1) is 0 Å². The van der Waals surface area contributed by atoms with Crippen molar-refractivity contribution in [2.75, 3.05) is 25.4 Å². The molecular formula is C16H21Cl2N3O4. The standard InChI is InChI=1S/C16H21Cl2N3O4/c1-4-21(7-13(22)20-9(2)3)14(23)8-25-16(24)11-5-10(17)6-12(18)15(11)19/h5-6,9H,4,7-8,19H2,1-3H3,(H,20,22). The molecule has 0 aromatic heterocycles. The number of hydrogen-bond donors (Lipinski definition) is 2. The van der Waals surface area contributed by atoms with Gasteiger partial charge in [0.05, 0.1) is 22.8 Å². The normalized spacial score (nSPS) is 10.5. The van der Waals surface area contributed by atoms with Crippen LogP contribution in [0.4, 0.5) is 5.69 Å². The Kier molecular flexibility index (Phi) is 7.99. The van der Waals surface area contributed by atoms with Crippen LogP contribution in [0.5, 0.6) is 0 Å². The van der Waals surface area contributed by atoms with Crippen molar-refractivity contribution in [2.45, 2.75) is 26.8 Å². The van der Waals surface area contributed by atoms with E-state index in [2.05, 4.69) is 5.32 Å². The number of ether oxygens (including phenoxy) is 1. The van der Waals surface area contributed by atoms with Crippen molar-refractivity contribution in [1.82, 2.24) is 10.2 Å². The first kappa shape index (κ1) is 21.1. The van der Waals surface area contributed by atoms with Gasteiger partial charge in [-0.3, -0.25) is 9.59 Å². The lowest BCUT2D eigenvalue weighted by Gasteiger charge is -2.21. The van der Waals surface area contributed by atoms with E-state index in [1.807, 2.05) is 13.8 Å². The van der Waals surface area contributed by atoms with Gasteiger partial charge in [0.1, 0.15) is 0 Å². The van der Waals surface area contributed by atoms with Crippen molar-refractivity contribution in [3.8, 4) is 0 Å². The largest absolute Gasteiger partial charge is 0.452 e. The summed E-state index contributed by atoms with van der Waals surface area (Å²) in [5, 5.41) is 3.02. The van der Waals surface area contributed by atoms with Gasteiger partial charge in [-0.25, -0.2) is 4.79 Å². The van der Waals surface area contributed by atoms with Crippen LogP contribution in [0, 0.1) is 0 Å². The summed E-state index contributed by atoms with van der Waals surface area (Å²) in [4.78, 5) is 37.2. The van der Waals surface area contributed by atoms with E-state index in [0.717, 1.165) is 0 Å². The average molecular weight is 390 g/mol. The third kappa shape index (κ3) is 6.43. The number of likely N-dealkylation sites (N-methyl/N-ethyl adjacent to an activating group) is 1. The molecule has 138 valence electrons. The molecule has 0 aliphatic heterocycles. The predicted octanol–water partition coefficient (Wildman–Crippen LogP) is 2.11. The van der Waals surface area contributed by atoms with Crippen LogP contribution in [-0.2, 0) is 14.3 Å². The monoisotopic (exact) mass is 389 g/mol. The lowest BCUT2D eigenvalue weighted by Crippen LogP contribution is -2.44. The average Bonchev–Trinajstić information content (AvgIpc) is 2.52. The molecule has 0 saturated carbocycles. The van der Waals surface area contributed by atoms with Crippen LogP contribution >= 0.6 is 23.2 Å². The van der Waals surface area contributed by atoms with Gasteiger partial charge in [-0.05, 0) is 32.9 Å². The molecule has 3 N–H and O–H groups in total. The van der Waals surface area contributed by atoms with Gasteiger partial charge in [0.2, 0.25) is 5.91 Å². The summed E-state index contributed by atoms with van der Waals surface area (Å²) >= 11 is 11.7. The number of esters is 1. The smallest absolute Gasteiger partial charge is 0.340 e. The van der Waals surface area contributed by atoms with Gasteiger partial charge in [0.25, 0.3) is 5.91 Å². The first-order valence-corrected chi connectivity index (χ1v) is 8.40. The van der Waals surface area contributed by atoms with E-state index in [-0.39, 0.29) is 39.8 Å². The molecule has 0 unspecified atom stereocenters. The molecule has 0 spiro atoms. The maximum Gasteiger partial charge on any atom is 0.340 e. The van der Waals surface area contributed by atoms with E-state index in [0.29, 0.717) is 6.54 Å². The maximum atomic E-state index is 12.1. The van der Waals surface area contributed by atoms with Gasteiger partial charge in [-0.2, -0.15) is 0 Å². The lowest BCUT2D eigenvalue weighted by atomic mass is 10.2. The van der Waals surface area contributed by atoms with E-state index >= 15 is 0 Å². The molecule has 0 saturated heterocycles. The van der Waals surface area contributed by atoms with Gasteiger partial charge in [-0.1, -0.05) is 23.2 Å². The van der Waals surface area contributed by atoms with Crippen LogP contribution in [0.15, 0.2) is 12.1 Å². The number of anilines is 1. The molecule has 0 radical (unpaired) electrons. The quantitative estimate of drug-likeness (QED) is 0.549. The summed E-state index contributed by atoms with van der Waals surface area (Å²) in [6, 6.07) is 2.67. The topological polar surface area (TPSA) is 102 Å². The Balaban J connectivity index is 2.68. The number of carbonyl (C=O) groups excluding carboxylic acids is 3. The minimum Gasteiger partial charge on any atom is -0.452 e. The van der Waals surface area contributed by atoms with E-state index in [4.69, 9.17) is 33.7 Å². The number of nitrogens with one attached hydrogen (secondary N) is 1. The van der Waals surface area contributed by atoms with Gasteiger partial charge in [0.15, 0.2) is 6.61 Å². The zero-order chi connectivity index (χ0) is 19.1. The summed E-state index contributed by atoms with van der Waals surface area (Å²) < 4.78 is 4.97. The second-order valence-electron chi connectivity index (χ2n) is 5.56. The van der Waals surface area contributed by atoms with Crippen molar-refractivity contribution in [3.05, 3.63) is 27.7 Å². The predicted molar refractivity (Wildman–Crippen MR) is 96.7 cm³/mol. The molecule has 0 aliphatic rings. The van der Waals surface area contributed by atoms with Crippen molar-refractivity contribution >= 4 is 46.7 Å². The van der Waals surface area contributed by atoms with Gasteiger partial charge >= 0.3 is 5.97 Å². The zero-order valence-electron chi connectivity index (χ0n) is 14.3. The van der Waals surface area contributed by atoms with Gasteiger partial charge < -0.3 is 20.7 Å². The van der Waals surface area contributed by atoms with E-state index in [1.165, 1.54) is 17.0 Å². The number of nitrogens with two attached hydrogens (primary N) is 1. The Labute approximate surface area is 156 Å². The van der Waals surface area contributed by atoms with Crippen LogP contribution in [0.2, 0.25) is 10.0 Å². The third-order valence-corrected chi connectivity index (χ3v) is 3.69. The number of hydrogen-bond acceptors (Lipinski definition) is 5. The number of rotatable bonds is 7. The fourth-order valence-corrected chi connectivity index (χ4v) is 2.46. The molecule has 0 fully saturated rings. The Morgan fingerprint density at radius 1 is 1.28 bits per heavy atom. The molecule has 0 aliphatic carbocycles. The Morgan fingerprint density at radius 3 is 2.48 bits per heavy atom. The number of nitrogen functional groups attached to an aromatic ring is 1. The van der Waals surface area contributed by atoms with Crippen LogP contribution in [0.25, 0.3) is 0 Å². The molecule has 25 heavy (non-hydrogen) atoms. The molecule has 0 heterocycles. The van der Waals surface area contributed by atoms with E-state index < -0.39 is 18.5 Å². The second-order valence-corrected chi connectivity index (χ2v) is 6.40. The molecule has 2 amide bonds. The highest BCUT2D eigenvalue weighted by atomic mass is 35.5. The number of halogens is 2. The third-order valence-electron chi connectivity index (χ3n) is 3.16. The van der Waals surface area contributed by atoms with Crippen molar-refractivity contribution in [3.63, 3.8) is 0 Å². The maximum absolute atomic E-state index is 12.1. The van der Waals surface area contributed by atoms with Crippen LogP contribution in [-0.4, -0.2) is 48.4 Å². The highest BCUT2D eigenvalue weighted by Crippen LogP contribution is 2.28. The fraction of sp³-hybridized carbons (Fsp3) is 0.438. The van der Waals surface area contributed by atoms with Crippen LogP contribution in [0.1, 0.15) is 31.1 Å². The molecule has 9 heteroatoms. The van der Waals surface area contributed by atoms with Crippen molar-refractivity contribution in [1.29, 1.82) is 0 Å². The highest BCUT2D eigenvalue weighted by Gasteiger charge is 2.20. The minimum absolute atomic E-state index is 0.0205. The van der Waals surface area contributed by atoms with Crippen LogP contribution in [0.3, 0.4) is 0 Å². The molecule has 0 bridgehead atoms. The summed E-state index contributed by atoms with van der Waals surface area (Å²) in [6.07, 6.45) is 0. The SMILES string of the molecule is CCN(CC(=O)NC(C)C)C(=O)COC(=O)c1cc(Cl)cc(Cl)c1N. The molecule has 1 rings (SSSR count). The summed E-state index contributed by atoms with van der Waals surface area (Å²) in [6.45, 7) is 5.02. The first-order valence-electron chi connectivity index (χ1n) is 7.64. The minimum atomic E-state index is -0.821.